The van der Waals surface area contributed by atoms with Gasteiger partial charge in [0.1, 0.15) is 5.75 Å². The van der Waals surface area contributed by atoms with Crippen LogP contribution in [-0.2, 0) is 11.2 Å². The lowest BCUT2D eigenvalue weighted by Gasteiger charge is -2.07. The van der Waals surface area contributed by atoms with Crippen molar-refractivity contribution in [2.75, 3.05) is 14.2 Å². The molecule has 1 aliphatic rings. The van der Waals surface area contributed by atoms with Crippen molar-refractivity contribution in [1.29, 1.82) is 0 Å². The maximum atomic E-state index is 12.6. The van der Waals surface area contributed by atoms with Crippen LogP contribution in [0.2, 0.25) is 0 Å². The van der Waals surface area contributed by atoms with Crippen molar-refractivity contribution in [3.05, 3.63) is 64.1 Å². The van der Waals surface area contributed by atoms with Gasteiger partial charge in [0.25, 0.3) is 5.91 Å². The van der Waals surface area contributed by atoms with Crippen molar-refractivity contribution in [2.24, 2.45) is 4.99 Å². The molecule has 0 aromatic heterocycles. The molecule has 3 rings (SSSR count). The molecular weight excluding hydrogens is 344 g/mol. The number of rotatable bonds is 4. The Kier molecular flexibility index (Phi) is 5.47. The third-order valence-corrected chi connectivity index (χ3v) is 5.40. The lowest BCUT2D eigenvalue weighted by atomic mass is 10.1. The highest BCUT2D eigenvalue weighted by Gasteiger charge is 2.30. The highest BCUT2D eigenvalue weighted by molar-refractivity contribution is 8.18. The third-order valence-electron chi connectivity index (χ3n) is 4.34. The smallest absolute Gasteiger partial charge is 0.266 e. The van der Waals surface area contributed by atoms with E-state index in [4.69, 9.17) is 4.74 Å². The van der Waals surface area contributed by atoms with Gasteiger partial charge in [-0.3, -0.25) is 9.69 Å². The minimum atomic E-state index is -0.0332. The Balaban J connectivity index is 1.87. The second kappa shape index (κ2) is 7.79. The van der Waals surface area contributed by atoms with Gasteiger partial charge in [-0.05, 0) is 72.1 Å². The number of likely N-dealkylation sites (N-methyl/N-ethyl adjacent to an activating group) is 1. The zero-order chi connectivity index (χ0) is 18.7. The normalized spacial score (nSPS) is 17.4. The number of aliphatic imine (C=N–C) groups is 1. The molecular formula is C21H22N2O2S. The molecule has 0 atom stereocenters. The zero-order valence-corrected chi connectivity index (χ0v) is 16.3. The highest BCUT2D eigenvalue weighted by Crippen LogP contribution is 2.34. The Bertz CT molecular complexity index is 885. The molecule has 1 amide bonds. The van der Waals surface area contributed by atoms with Crippen LogP contribution in [0.5, 0.6) is 5.75 Å². The molecule has 0 bridgehead atoms. The summed E-state index contributed by atoms with van der Waals surface area (Å²) in [4.78, 5) is 19.5. The molecule has 2 aromatic carbocycles. The zero-order valence-electron chi connectivity index (χ0n) is 15.4. The largest absolute Gasteiger partial charge is 0.497 e. The summed E-state index contributed by atoms with van der Waals surface area (Å²) >= 11 is 1.40. The summed E-state index contributed by atoms with van der Waals surface area (Å²) in [6.07, 6.45) is 2.92. The number of carbonyl (C=O) groups excluding carboxylic acids is 1. The first-order valence-corrected chi connectivity index (χ1v) is 9.33. The fourth-order valence-electron chi connectivity index (χ4n) is 2.65. The van der Waals surface area contributed by atoms with Gasteiger partial charge in [-0.2, -0.15) is 0 Å². The number of ether oxygens (including phenoxy) is 1. The monoisotopic (exact) mass is 366 g/mol. The van der Waals surface area contributed by atoms with E-state index in [0.717, 1.165) is 29.0 Å². The highest BCUT2D eigenvalue weighted by atomic mass is 32.2. The number of nitrogens with zero attached hydrogens (tertiary/aromatic N) is 2. The van der Waals surface area contributed by atoms with Crippen LogP contribution in [0.3, 0.4) is 0 Å². The first-order chi connectivity index (χ1) is 12.5. The first kappa shape index (κ1) is 18.3. The number of aryl methyl sites for hydroxylation is 2. The van der Waals surface area contributed by atoms with E-state index >= 15 is 0 Å². The molecule has 1 heterocycles. The minimum Gasteiger partial charge on any atom is -0.497 e. The van der Waals surface area contributed by atoms with Crippen LogP contribution in [0.4, 0.5) is 5.69 Å². The fourth-order valence-corrected chi connectivity index (χ4v) is 3.62. The summed E-state index contributed by atoms with van der Waals surface area (Å²) in [5.74, 6) is 0.777. The number of amidine groups is 1. The van der Waals surface area contributed by atoms with Crippen LogP contribution in [-0.4, -0.2) is 30.1 Å². The summed E-state index contributed by atoms with van der Waals surface area (Å²) in [6.45, 7) is 4.13. The van der Waals surface area contributed by atoms with E-state index in [2.05, 4.69) is 24.0 Å². The van der Waals surface area contributed by atoms with E-state index in [1.807, 2.05) is 43.3 Å². The van der Waals surface area contributed by atoms with Crippen molar-refractivity contribution < 1.29 is 9.53 Å². The molecule has 0 N–H and O–H groups in total. The van der Waals surface area contributed by atoms with Crippen molar-refractivity contribution in [3.8, 4) is 5.75 Å². The Morgan fingerprint density at radius 1 is 1.19 bits per heavy atom. The molecule has 26 heavy (non-hydrogen) atoms. The van der Waals surface area contributed by atoms with Gasteiger partial charge in [-0.15, -0.1) is 0 Å². The van der Waals surface area contributed by atoms with Crippen molar-refractivity contribution in [2.45, 2.75) is 20.3 Å². The molecule has 1 saturated heterocycles. The van der Waals surface area contributed by atoms with Crippen LogP contribution in [0.25, 0.3) is 6.08 Å². The predicted octanol–water partition coefficient (Wildman–Crippen LogP) is 4.80. The number of hydrogen-bond acceptors (Lipinski definition) is 4. The molecule has 0 radical (unpaired) electrons. The summed E-state index contributed by atoms with van der Waals surface area (Å²) < 4.78 is 5.24. The van der Waals surface area contributed by atoms with Gasteiger partial charge < -0.3 is 4.74 Å². The molecule has 0 unspecified atom stereocenters. The Labute approximate surface area is 158 Å². The van der Waals surface area contributed by atoms with E-state index in [1.54, 1.807) is 19.1 Å². The molecule has 0 spiro atoms. The SMILES string of the molecule is CCc1ccc(N=C2S/C(=C/c3ccc(OC)cc3C)C(=O)N2C)cc1. The summed E-state index contributed by atoms with van der Waals surface area (Å²) in [5.41, 5.74) is 4.19. The minimum absolute atomic E-state index is 0.0332. The van der Waals surface area contributed by atoms with Crippen molar-refractivity contribution in [3.63, 3.8) is 0 Å². The molecule has 0 aliphatic carbocycles. The van der Waals surface area contributed by atoms with Gasteiger partial charge in [0, 0.05) is 7.05 Å². The van der Waals surface area contributed by atoms with Gasteiger partial charge in [0.15, 0.2) is 5.17 Å². The second-order valence-electron chi connectivity index (χ2n) is 6.11. The van der Waals surface area contributed by atoms with Gasteiger partial charge in [-0.1, -0.05) is 25.1 Å². The summed E-state index contributed by atoms with van der Waals surface area (Å²) in [7, 11) is 3.41. The van der Waals surface area contributed by atoms with Crippen LogP contribution in [0, 0.1) is 6.92 Å². The molecule has 0 saturated carbocycles. The number of amides is 1. The van der Waals surface area contributed by atoms with E-state index in [-0.39, 0.29) is 5.91 Å². The molecule has 1 aliphatic heterocycles. The summed E-state index contributed by atoms with van der Waals surface area (Å²) in [5, 5.41) is 0.691. The Morgan fingerprint density at radius 2 is 1.92 bits per heavy atom. The van der Waals surface area contributed by atoms with Crippen LogP contribution < -0.4 is 4.74 Å². The Morgan fingerprint density at radius 3 is 2.54 bits per heavy atom. The van der Waals surface area contributed by atoms with E-state index in [0.29, 0.717) is 10.1 Å². The predicted molar refractivity (Wildman–Crippen MR) is 109 cm³/mol. The Hall–Kier alpha value is -2.53. The van der Waals surface area contributed by atoms with Crippen molar-refractivity contribution >= 4 is 34.6 Å². The van der Waals surface area contributed by atoms with Gasteiger partial charge >= 0.3 is 0 Å². The molecule has 2 aromatic rings. The molecule has 4 nitrogen and oxygen atoms in total. The quantitative estimate of drug-likeness (QED) is 0.730. The first-order valence-electron chi connectivity index (χ1n) is 8.51. The second-order valence-corrected chi connectivity index (χ2v) is 7.12. The van der Waals surface area contributed by atoms with Crippen LogP contribution in [0.15, 0.2) is 52.4 Å². The van der Waals surface area contributed by atoms with E-state index in [1.165, 1.54) is 17.3 Å². The molecule has 1 fully saturated rings. The standard InChI is InChI=1S/C21H22N2O2S/c1-5-15-6-9-17(10-7-15)22-21-23(3)20(24)19(26-21)13-16-8-11-18(25-4)12-14(16)2/h6-13H,5H2,1-4H3/b19-13+,22-21?. The summed E-state index contributed by atoms with van der Waals surface area (Å²) in [6, 6.07) is 13.9. The maximum Gasteiger partial charge on any atom is 0.266 e. The average molecular weight is 366 g/mol. The average Bonchev–Trinajstić information content (AvgIpc) is 2.92. The number of benzene rings is 2. The third kappa shape index (κ3) is 3.83. The van der Waals surface area contributed by atoms with Gasteiger partial charge in [0.2, 0.25) is 0 Å². The van der Waals surface area contributed by atoms with E-state index in [9.17, 15) is 4.79 Å². The topological polar surface area (TPSA) is 41.9 Å². The van der Waals surface area contributed by atoms with Crippen molar-refractivity contribution in [1.82, 2.24) is 4.90 Å². The van der Waals surface area contributed by atoms with Gasteiger partial charge in [-0.25, -0.2) is 4.99 Å². The lowest BCUT2D eigenvalue weighted by molar-refractivity contribution is -0.121. The van der Waals surface area contributed by atoms with Crippen LogP contribution in [0.1, 0.15) is 23.6 Å². The molecule has 134 valence electrons. The van der Waals surface area contributed by atoms with E-state index < -0.39 is 0 Å². The number of thioether (sulfide) groups is 1. The number of hydrogen-bond donors (Lipinski definition) is 0. The lowest BCUT2D eigenvalue weighted by Crippen LogP contribution is -2.23. The van der Waals surface area contributed by atoms with Gasteiger partial charge in [0.05, 0.1) is 17.7 Å². The maximum absolute atomic E-state index is 12.6. The molecule has 5 heteroatoms. The van der Waals surface area contributed by atoms with Crippen LogP contribution >= 0.6 is 11.8 Å². The fraction of sp³-hybridized carbons (Fsp3) is 0.238. The number of methoxy groups -OCH3 is 1. The number of carbonyl (C=O) groups is 1.